The van der Waals surface area contributed by atoms with E-state index in [2.05, 4.69) is 41.2 Å². The average molecular weight is 376 g/mol. The summed E-state index contributed by atoms with van der Waals surface area (Å²) in [5, 5.41) is 9.50. The molecule has 0 bridgehead atoms. The number of hydrogen-bond acceptors (Lipinski definition) is 5. The van der Waals surface area contributed by atoms with Crippen molar-refractivity contribution in [3.8, 4) is 11.1 Å². The third-order valence-corrected chi connectivity index (χ3v) is 4.59. The van der Waals surface area contributed by atoms with Gasteiger partial charge in [0, 0.05) is 24.4 Å². The van der Waals surface area contributed by atoms with Crippen LogP contribution in [-0.2, 0) is 16.0 Å². The van der Waals surface area contributed by atoms with Gasteiger partial charge in [0.1, 0.15) is 11.7 Å². The van der Waals surface area contributed by atoms with Gasteiger partial charge in [-0.05, 0) is 30.5 Å². The fraction of sp³-hybridized carbons (Fsp3) is 0.261. The fourth-order valence-electron chi connectivity index (χ4n) is 2.95. The maximum absolute atomic E-state index is 11.9. The molecule has 0 spiro atoms. The minimum absolute atomic E-state index is 0.276. The molecule has 0 aliphatic rings. The molecular formula is C23H24N2O3. The standard InChI is InChI=1S/C23H24N2O3/c1-3-28-23(27)21(15-26)19-10-6-17(7-11-19)12-22-24-13-20(14-25-22)18-8-4-16(2)5-9-18/h4-11,13-14,21,26H,3,12,15H2,1-2H3. The smallest absolute Gasteiger partial charge is 0.315 e. The van der Waals surface area contributed by atoms with Crippen LogP contribution in [0.15, 0.2) is 60.9 Å². The van der Waals surface area contributed by atoms with Gasteiger partial charge >= 0.3 is 5.97 Å². The number of aliphatic hydroxyl groups is 1. The van der Waals surface area contributed by atoms with E-state index >= 15 is 0 Å². The highest BCUT2D eigenvalue weighted by molar-refractivity contribution is 5.78. The van der Waals surface area contributed by atoms with Gasteiger partial charge in [0.2, 0.25) is 0 Å². The Kier molecular flexibility index (Phi) is 6.50. The molecule has 0 aliphatic heterocycles. The molecule has 0 saturated heterocycles. The topological polar surface area (TPSA) is 72.3 Å². The lowest BCUT2D eigenvalue weighted by Crippen LogP contribution is -2.19. The molecule has 0 amide bonds. The Labute approximate surface area is 165 Å². The Morgan fingerprint density at radius 3 is 2.21 bits per heavy atom. The predicted molar refractivity (Wildman–Crippen MR) is 108 cm³/mol. The normalized spacial score (nSPS) is 11.8. The van der Waals surface area contributed by atoms with Crippen molar-refractivity contribution in [2.75, 3.05) is 13.2 Å². The Morgan fingerprint density at radius 1 is 1.00 bits per heavy atom. The number of aliphatic hydroxyl groups excluding tert-OH is 1. The fourth-order valence-corrected chi connectivity index (χ4v) is 2.95. The molecule has 0 fully saturated rings. The second-order valence-electron chi connectivity index (χ2n) is 6.66. The van der Waals surface area contributed by atoms with Crippen molar-refractivity contribution < 1.29 is 14.6 Å². The van der Waals surface area contributed by atoms with Crippen LogP contribution >= 0.6 is 0 Å². The number of nitrogens with zero attached hydrogens (tertiary/aromatic N) is 2. The van der Waals surface area contributed by atoms with E-state index in [1.165, 1.54) is 5.56 Å². The molecule has 0 radical (unpaired) electrons. The van der Waals surface area contributed by atoms with Gasteiger partial charge in [0.15, 0.2) is 0 Å². The van der Waals surface area contributed by atoms with Gasteiger partial charge < -0.3 is 9.84 Å². The predicted octanol–water partition coefficient (Wildman–Crippen LogP) is 3.68. The molecule has 0 saturated carbocycles. The van der Waals surface area contributed by atoms with Crippen LogP contribution in [0.3, 0.4) is 0 Å². The third-order valence-electron chi connectivity index (χ3n) is 4.59. The molecule has 1 atom stereocenters. The van der Waals surface area contributed by atoms with Gasteiger partial charge in [-0.1, -0.05) is 54.1 Å². The molecule has 3 aromatic rings. The van der Waals surface area contributed by atoms with Crippen molar-refractivity contribution in [2.45, 2.75) is 26.2 Å². The van der Waals surface area contributed by atoms with Crippen molar-refractivity contribution in [1.29, 1.82) is 0 Å². The zero-order valence-corrected chi connectivity index (χ0v) is 16.1. The summed E-state index contributed by atoms with van der Waals surface area (Å²) in [5.41, 5.74) is 5.07. The van der Waals surface area contributed by atoms with E-state index in [9.17, 15) is 9.90 Å². The molecule has 144 valence electrons. The molecule has 1 aromatic heterocycles. The number of benzene rings is 2. The van der Waals surface area contributed by atoms with Gasteiger partial charge in [-0.3, -0.25) is 4.79 Å². The Balaban J connectivity index is 1.68. The molecule has 1 N–H and O–H groups in total. The first-order chi connectivity index (χ1) is 13.6. The number of carbonyl (C=O) groups is 1. The summed E-state index contributed by atoms with van der Waals surface area (Å²) in [4.78, 5) is 20.9. The number of aromatic nitrogens is 2. The number of aryl methyl sites for hydroxylation is 1. The van der Waals surface area contributed by atoms with Gasteiger partial charge in [-0.2, -0.15) is 0 Å². The van der Waals surface area contributed by atoms with Crippen molar-refractivity contribution in [1.82, 2.24) is 9.97 Å². The summed E-state index contributed by atoms with van der Waals surface area (Å²) < 4.78 is 5.01. The number of hydrogen-bond donors (Lipinski definition) is 1. The van der Waals surface area contributed by atoms with E-state index in [-0.39, 0.29) is 6.61 Å². The molecule has 1 heterocycles. The highest BCUT2D eigenvalue weighted by Gasteiger charge is 2.20. The van der Waals surface area contributed by atoms with Crippen LogP contribution in [0.2, 0.25) is 0 Å². The highest BCUT2D eigenvalue weighted by Crippen LogP contribution is 2.20. The Morgan fingerprint density at radius 2 is 1.64 bits per heavy atom. The second-order valence-corrected chi connectivity index (χ2v) is 6.66. The monoisotopic (exact) mass is 376 g/mol. The van der Waals surface area contributed by atoms with Crippen LogP contribution in [0.1, 0.15) is 35.4 Å². The highest BCUT2D eigenvalue weighted by atomic mass is 16.5. The summed E-state index contributed by atoms with van der Waals surface area (Å²) in [6.45, 7) is 3.83. The van der Waals surface area contributed by atoms with Gasteiger partial charge in [0.25, 0.3) is 0 Å². The molecule has 1 unspecified atom stereocenters. The van der Waals surface area contributed by atoms with Crippen molar-refractivity contribution in [3.05, 3.63) is 83.4 Å². The molecule has 5 nitrogen and oxygen atoms in total. The van der Waals surface area contributed by atoms with Crippen LogP contribution in [0.5, 0.6) is 0 Å². The van der Waals surface area contributed by atoms with E-state index in [4.69, 9.17) is 4.74 Å². The van der Waals surface area contributed by atoms with E-state index in [1.807, 2.05) is 36.7 Å². The van der Waals surface area contributed by atoms with Crippen molar-refractivity contribution >= 4 is 5.97 Å². The zero-order valence-electron chi connectivity index (χ0n) is 16.1. The lowest BCUT2D eigenvalue weighted by atomic mass is 9.98. The first-order valence-electron chi connectivity index (χ1n) is 9.35. The summed E-state index contributed by atoms with van der Waals surface area (Å²) in [7, 11) is 0. The first-order valence-corrected chi connectivity index (χ1v) is 9.35. The maximum atomic E-state index is 11.9. The zero-order chi connectivity index (χ0) is 19.9. The van der Waals surface area contributed by atoms with Crippen molar-refractivity contribution in [2.24, 2.45) is 0 Å². The average Bonchev–Trinajstić information content (AvgIpc) is 2.71. The number of esters is 1. The van der Waals surface area contributed by atoms with Crippen LogP contribution in [0, 0.1) is 6.92 Å². The largest absolute Gasteiger partial charge is 0.465 e. The molecule has 5 heteroatoms. The molecule has 0 aliphatic carbocycles. The van der Waals surface area contributed by atoms with Crippen molar-refractivity contribution in [3.63, 3.8) is 0 Å². The Bertz CT molecular complexity index is 904. The quantitative estimate of drug-likeness (QED) is 0.637. The lowest BCUT2D eigenvalue weighted by molar-refractivity contribution is -0.145. The summed E-state index contributed by atoms with van der Waals surface area (Å²) in [6.07, 6.45) is 4.27. The molecule has 2 aromatic carbocycles. The third kappa shape index (κ3) is 4.81. The van der Waals surface area contributed by atoms with Crippen LogP contribution in [-0.4, -0.2) is 34.3 Å². The summed E-state index contributed by atoms with van der Waals surface area (Å²) >= 11 is 0. The minimum Gasteiger partial charge on any atom is -0.465 e. The van der Waals surface area contributed by atoms with Crippen LogP contribution in [0.25, 0.3) is 11.1 Å². The number of ether oxygens (including phenoxy) is 1. The van der Waals surface area contributed by atoms with Crippen LogP contribution in [0.4, 0.5) is 0 Å². The number of carbonyl (C=O) groups excluding carboxylic acids is 1. The Hall–Kier alpha value is -3.05. The summed E-state index contributed by atoms with van der Waals surface area (Å²) in [5.74, 6) is -0.334. The summed E-state index contributed by atoms with van der Waals surface area (Å²) in [6, 6.07) is 15.8. The minimum atomic E-state index is -0.654. The molecule has 28 heavy (non-hydrogen) atoms. The van der Waals surface area contributed by atoms with E-state index in [0.29, 0.717) is 13.0 Å². The molecule has 3 rings (SSSR count). The van der Waals surface area contributed by atoms with E-state index in [0.717, 1.165) is 28.1 Å². The first kappa shape index (κ1) is 19.7. The van der Waals surface area contributed by atoms with Gasteiger partial charge in [0.05, 0.1) is 13.2 Å². The maximum Gasteiger partial charge on any atom is 0.315 e. The molecular weight excluding hydrogens is 352 g/mol. The number of rotatable bonds is 7. The van der Waals surface area contributed by atoms with E-state index < -0.39 is 11.9 Å². The lowest BCUT2D eigenvalue weighted by Gasteiger charge is -2.13. The van der Waals surface area contributed by atoms with Gasteiger partial charge in [-0.25, -0.2) is 9.97 Å². The van der Waals surface area contributed by atoms with Gasteiger partial charge in [-0.15, -0.1) is 0 Å². The second kappa shape index (κ2) is 9.24. The van der Waals surface area contributed by atoms with Crippen LogP contribution < -0.4 is 0 Å². The van der Waals surface area contributed by atoms with E-state index in [1.54, 1.807) is 6.92 Å². The SMILES string of the molecule is CCOC(=O)C(CO)c1ccc(Cc2ncc(-c3ccc(C)cc3)cn2)cc1.